The lowest BCUT2D eigenvalue weighted by Gasteiger charge is -2.47. The van der Waals surface area contributed by atoms with Crippen molar-refractivity contribution in [2.75, 3.05) is 19.8 Å². The summed E-state index contributed by atoms with van der Waals surface area (Å²) in [5.74, 6) is 4.83. The molecule has 1 saturated carbocycles. The van der Waals surface area contributed by atoms with Gasteiger partial charge < -0.3 is 33.2 Å². The fourth-order valence-electron chi connectivity index (χ4n) is 5.89. The summed E-state index contributed by atoms with van der Waals surface area (Å²) in [6.07, 6.45) is 3.86. The van der Waals surface area contributed by atoms with E-state index in [9.17, 15) is 18.3 Å². The fraction of sp³-hybridized carbons (Fsp3) is 0.722. The molecule has 7 unspecified atom stereocenters. The molecule has 1 aromatic carbocycles. The smallest absolute Gasteiger partial charge is 0.416 e. The molecule has 2 saturated heterocycles. The van der Waals surface area contributed by atoms with Gasteiger partial charge in [-0.3, -0.25) is 0 Å². The molecule has 7 nitrogen and oxygen atoms in total. The van der Waals surface area contributed by atoms with Crippen molar-refractivity contribution in [3.63, 3.8) is 0 Å². The van der Waals surface area contributed by atoms with Gasteiger partial charge in [-0.1, -0.05) is 50.8 Å². The third kappa shape index (κ3) is 10.8. The highest BCUT2D eigenvalue weighted by molar-refractivity contribution is 6.74. The van der Waals surface area contributed by atoms with Crippen LogP contribution in [0.25, 0.3) is 0 Å². The number of hydrogen-bond acceptors (Lipinski definition) is 7. The summed E-state index contributed by atoms with van der Waals surface area (Å²) in [5, 5.41) is 10.1. The SMILES string of the molecule is CC(O)C#CC1C(C=CC(COc2cccc(C(F)(F)F)c2)OC2CCCCO2)CCC1(OC1CCCCO1)O[Si](C)(C)C(C)(C)C. The van der Waals surface area contributed by atoms with Crippen LogP contribution in [0.15, 0.2) is 36.4 Å². The van der Waals surface area contributed by atoms with E-state index in [0.717, 1.165) is 50.7 Å². The van der Waals surface area contributed by atoms with Crippen molar-refractivity contribution < 1.29 is 46.4 Å². The quantitative estimate of drug-likeness (QED) is 0.109. The van der Waals surface area contributed by atoms with Crippen LogP contribution in [0.3, 0.4) is 0 Å². The molecule has 0 amide bonds. The van der Waals surface area contributed by atoms with Crippen molar-refractivity contribution in [1.29, 1.82) is 0 Å². The van der Waals surface area contributed by atoms with Crippen LogP contribution < -0.4 is 4.74 Å². The average Bonchev–Trinajstić information content (AvgIpc) is 3.33. The lowest BCUT2D eigenvalue weighted by molar-refractivity contribution is -0.299. The Morgan fingerprint density at radius 1 is 1.04 bits per heavy atom. The van der Waals surface area contributed by atoms with Gasteiger partial charge in [-0.15, -0.1) is 0 Å². The van der Waals surface area contributed by atoms with Gasteiger partial charge in [0.1, 0.15) is 24.6 Å². The number of benzene rings is 1. The lowest BCUT2D eigenvalue weighted by atomic mass is 9.92. The molecule has 7 atom stereocenters. The molecule has 0 radical (unpaired) electrons. The van der Waals surface area contributed by atoms with Gasteiger partial charge in [-0.2, -0.15) is 13.2 Å². The monoisotopic (exact) mass is 682 g/mol. The Morgan fingerprint density at radius 2 is 1.72 bits per heavy atom. The van der Waals surface area contributed by atoms with Crippen LogP contribution in [0.4, 0.5) is 13.2 Å². The number of aliphatic hydroxyl groups excluding tert-OH is 1. The summed E-state index contributed by atoms with van der Waals surface area (Å²) in [6.45, 7) is 13.8. The van der Waals surface area contributed by atoms with Gasteiger partial charge in [-0.25, -0.2) is 0 Å². The number of ether oxygens (including phenoxy) is 5. The molecule has 11 heteroatoms. The van der Waals surface area contributed by atoms with E-state index in [1.165, 1.54) is 12.1 Å². The number of aliphatic hydroxyl groups is 1. The summed E-state index contributed by atoms with van der Waals surface area (Å²) in [7, 11) is -2.37. The Morgan fingerprint density at radius 3 is 2.32 bits per heavy atom. The molecule has 0 bridgehead atoms. The maximum absolute atomic E-state index is 13.3. The van der Waals surface area contributed by atoms with E-state index in [4.69, 9.17) is 28.1 Å². The van der Waals surface area contributed by atoms with E-state index in [1.54, 1.807) is 6.92 Å². The maximum Gasteiger partial charge on any atom is 0.416 e. The fourth-order valence-corrected chi connectivity index (χ4v) is 7.34. The lowest BCUT2D eigenvalue weighted by Crippen LogP contribution is -2.54. The molecular weight excluding hydrogens is 629 g/mol. The van der Waals surface area contributed by atoms with Gasteiger partial charge in [0.05, 0.1) is 11.5 Å². The second kappa shape index (κ2) is 16.2. The maximum atomic E-state index is 13.3. The minimum Gasteiger partial charge on any atom is -0.491 e. The summed E-state index contributed by atoms with van der Waals surface area (Å²) in [5.41, 5.74) is -0.774. The number of alkyl halides is 3. The zero-order valence-electron chi connectivity index (χ0n) is 28.7. The Kier molecular flexibility index (Phi) is 13.1. The molecule has 0 aromatic heterocycles. The summed E-state index contributed by atoms with van der Waals surface area (Å²) in [4.78, 5) is 0. The number of allylic oxidation sites excluding steroid dienone is 1. The van der Waals surface area contributed by atoms with Crippen LogP contribution in [0, 0.1) is 23.7 Å². The molecule has 4 rings (SSSR count). The molecule has 47 heavy (non-hydrogen) atoms. The summed E-state index contributed by atoms with van der Waals surface area (Å²) in [6, 6.07) is 4.84. The van der Waals surface area contributed by atoms with Gasteiger partial charge in [-0.05, 0) is 94.1 Å². The van der Waals surface area contributed by atoms with Gasteiger partial charge >= 0.3 is 6.18 Å². The molecule has 3 aliphatic rings. The normalized spacial score (nSPS) is 28.9. The standard InChI is InChI=1S/C36H53F3O7Si/c1-26(40)16-19-31-27(20-21-35(31,45-33-15-8-10-23-42-33)46-47(5,6)34(2,3)4)17-18-30(44-32-14-7-9-22-41-32)25-43-29-13-11-12-28(24-29)36(37,38)39/h11-13,17-18,24,26-27,30-33,40H,7-10,14-15,20-23,25H2,1-6H3. The third-order valence-corrected chi connectivity index (χ3v) is 14.0. The minimum absolute atomic E-state index is 0.00750. The highest BCUT2D eigenvalue weighted by Crippen LogP contribution is 2.50. The molecule has 1 aliphatic carbocycles. The molecule has 264 valence electrons. The molecule has 1 N–H and O–H groups in total. The van der Waals surface area contributed by atoms with Gasteiger partial charge in [0, 0.05) is 19.6 Å². The Hall–Kier alpha value is -1.91. The largest absolute Gasteiger partial charge is 0.491 e. The van der Waals surface area contributed by atoms with Crippen LogP contribution in [-0.2, 0) is 29.5 Å². The molecule has 3 fully saturated rings. The van der Waals surface area contributed by atoms with E-state index < -0.39 is 56.6 Å². The first-order valence-electron chi connectivity index (χ1n) is 17.0. The predicted molar refractivity (Wildman–Crippen MR) is 176 cm³/mol. The van der Waals surface area contributed by atoms with Crippen molar-refractivity contribution in [3.05, 3.63) is 42.0 Å². The van der Waals surface area contributed by atoms with E-state index in [0.29, 0.717) is 26.1 Å². The van der Waals surface area contributed by atoms with Gasteiger partial charge in [0.15, 0.2) is 26.7 Å². The Labute approximate surface area is 279 Å². The number of halogens is 3. The zero-order valence-corrected chi connectivity index (χ0v) is 29.7. The minimum atomic E-state index is -4.47. The number of hydrogen-bond donors (Lipinski definition) is 1. The van der Waals surface area contributed by atoms with Crippen molar-refractivity contribution in [3.8, 4) is 17.6 Å². The van der Waals surface area contributed by atoms with Crippen molar-refractivity contribution in [1.82, 2.24) is 0 Å². The topological polar surface area (TPSA) is 75.6 Å². The highest BCUT2D eigenvalue weighted by atomic mass is 28.4. The Balaban J connectivity index is 1.62. The Bertz CT molecular complexity index is 1220. The van der Waals surface area contributed by atoms with Gasteiger partial charge in [0.25, 0.3) is 0 Å². The van der Waals surface area contributed by atoms with E-state index in [-0.39, 0.29) is 23.3 Å². The molecule has 1 aromatic rings. The summed E-state index contributed by atoms with van der Waals surface area (Å²) < 4.78 is 78.0. The van der Waals surface area contributed by atoms with Crippen LogP contribution >= 0.6 is 0 Å². The highest BCUT2D eigenvalue weighted by Gasteiger charge is 2.55. The second-order valence-corrected chi connectivity index (χ2v) is 19.1. The van der Waals surface area contributed by atoms with Crippen molar-refractivity contribution >= 4 is 8.32 Å². The molecule has 2 heterocycles. The third-order valence-electron chi connectivity index (χ3n) is 9.49. The van der Waals surface area contributed by atoms with Gasteiger partial charge in [0.2, 0.25) is 0 Å². The molecule has 0 spiro atoms. The molecule has 2 aliphatic heterocycles. The average molecular weight is 683 g/mol. The van der Waals surface area contributed by atoms with E-state index >= 15 is 0 Å². The predicted octanol–water partition coefficient (Wildman–Crippen LogP) is 8.22. The molecular formula is C36H53F3O7Si. The van der Waals surface area contributed by atoms with Crippen molar-refractivity contribution in [2.24, 2.45) is 11.8 Å². The van der Waals surface area contributed by atoms with Crippen LogP contribution in [0.1, 0.15) is 84.6 Å². The first-order chi connectivity index (χ1) is 22.1. The number of rotatable bonds is 11. The first-order valence-corrected chi connectivity index (χ1v) is 19.9. The van der Waals surface area contributed by atoms with Crippen LogP contribution in [0.5, 0.6) is 5.75 Å². The zero-order chi connectivity index (χ0) is 34.3. The first kappa shape index (κ1) is 37.9. The van der Waals surface area contributed by atoms with Crippen LogP contribution in [0.2, 0.25) is 18.1 Å². The van der Waals surface area contributed by atoms with E-state index in [1.807, 2.05) is 12.2 Å². The summed E-state index contributed by atoms with van der Waals surface area (Å²) >= 11 is 0. The van der Waals surface area contributed by atoms with E-state index in [2.05, 4.69) is 45.7 Å². The van der Waals surface area contributed by atoms with Crippen LogP contribution in [-0.4, -0.2) is 63.8 Å². The van der Waals surface area contributed by atoms with Crippen molar-refractivity contribution in [2.45, 2.75) is 134 Å². The second-order valence-electron chi connectivity index (χ2n) is 14.4.